The molecule has 0 radical (unpaired) electrons. The van der Waals surface area contributed by atoms with E-state index in [1.165, 1.54) is 11.1 Å². The van der Waals surface area contributed by atoms with Gasteiger partial charge in [0.25, 0.3) is 0 Å². The monoisotopic (exact) mass is 179 g/mol. The lowest BCUT2D eigenvalue weighted by Gasteiger charge is -2.33. The number of nitrogens with zero attached hydrogens (tertiary/aromatic N) is 1. The van der Waals surface area contributed by atoms with E-state index in [-0.39, 0.29) is 4.65 Å². The number of hydroxylamine groups is 3. The molecule has 1 aromatic carbocycles. The molecule has 0 fully saturated rings. The van der Waals surface area contributed by atoms with Crippen molar-refractivity contribution in [2.45, 2.75) is 13.3 Å². The van der Waals surface area contributed by atoms with Gasteiger partial charge in [-0.3, -0.25) is 0 Å². The first-order valence-electron chi connectivity index (χ1n) is 4.57. The van der Waals surface area contributed by atoms with Gasteiger partial charge in [0.1, 0.15) is 0 Å². The Bertz CT molecular complexity index is 258. The van der Waals surface area contributed by atoms with Crippen molar-refractivity contribution < 1.29 is 4.65 Å². The average molecular weight is 179 g/mol. The lowest BCUT2D eigenvalue weighted by atomic mass is 10.1. The van der Waals surface area contributed by atoms with Gasteiger partial charge < -0.3 is 9.85 Å². The highest BCUT2D eigenvalue weighted by Gasteiger charge is 2.01. The maximum atomic E-state index is 11.3. The number of rotatable bonds is 3. The van der Waals surface area contributed by atoms with Gasteiger partial charge in [-0.2, -0.15) is 0 Å². The zero-order valence-electron chi connectivity index (χ0n) is 8.58. The second-order valence-electron chi connectivity index (χ2n) is 4.03. The Morgan fingerprint density at radius 1 is 1.15 bits per heavy atom. The zero-order valence-corrected chi connectivity index (χ0v) is 8.58. The van der Waals surface area contributed by atoms with E-state index in [1.54, 1.807) is 14.1 Å². The predicted molar refractivity (Wildman–Crippen MR) is 55.2 cm³/mol. The number of hydrogen-bond acceptors (Lipinski definition) is 1. The molecule has 0 atom stereocenters. The largest absolute Gasteiger partial charge is 0.633 e. The highest BCUT2D eigenvalue weighted by molar-refractivity contribution is 5.21. The number of hydrogen-bond donors (Lipinski definition) is 0. The normalized spacial score (nSPS) is 11.7. The van der Waals surface area contributed by atoms with Crippen LogP contribution in [0.25, 0.3) is 0 Å². The molecule has 0 heterocycles. The van der Waals surface area contributed by atoms with Crippen LogP contribution in [-0.4, -0.2) is 25.3 Å². The molecule has 1 rings (SSSR count). The Morgan fingerprint density at radius 3 is 2.15 bits per heavy atom. The Kier molecular flexibility index (Phi) is 3.07. The van der Waals surface area contributed by atoms with Gasteiger partial charge in [-0.05, 0) is 12.5 Å². The molecule has 0 saturated heterocycles. The van der Waals surface area contributed by atoms with Crippen molar-refractivity contribution in [2.24, 2.45) is 0 Å². The molecule has 2 nitrogen and oxygen atoms in total. The third kappa shape index (κ3) is 4.06. The fourth-order valence-electron chi connectivity index (χ4n) is 1.15. The zero-order chi connectivity index (χ0) is 9.90. The molecule has 0 aliphatic carbocycles. The average Bonchev–Trinajstić information content (AvgIpc) is 2.02. The summed E-state index contributed by atoms with van der Waals surface area (Å²) in [6.45, 7) is 2.71. The number of benzene rings is 1. The molecule has 0 aromatic heterocycles. The fraction of sp³-hybridized carbons (Fsp3) is 0.455. The maximum absolute atomic E-state index is 11.3. The molecule has 0 saturated carbocycles. The second-order valence-corrected chi connectivity index (χ2v) is 4.03. The minimum absolute atomic E-state index is 0.214. The van der Waals surface area contributed by atoms with Crippen LogP contribution in [0.1, 0.15) is 11.1 Å². The maximum Gasteiger partial charge on any atom is 0.0820 e. The molecule has 13 heavy (non-hydrogen) atoms. The Labute approximate surface area is 80.0 Å². The van der Waals surface area contributed by atoms with E-state index >= 15 is 0 Å². The van der Waals surface area contributed by atoms with Crippen LogP contribution in [-0.2, 0) is 6.42 Å². The first-order valence-corrected chi connectivity index (χ1v) is 4.57. The summed E-state index contributed by atoms with van der Waals surface area (Å²) in [5.41, 5.74) is 2.51. The molecule has 0 amide bonds. The smallest absolute Gasteiger partial charge is 0.0820 e. The number of aryl methyl sites for hydroxylation is 1. The van der Waals surface area contributed by atoms with Gasteiger partial charge in [0.15, 0.2) is 0 Å². The van der Waals surface area contributed by atoms with Gasteiger partial charge in [-0.15, -0.1) is 0 Å². The van der Waals surface area contributed by atoms with E-state index in [0.29, 0.717) is 6.54 Å². The number of likely N-dealkylation sites (N-methyl/N-ethyl adjacent to an activating group) is 1. The molecule has 0 bridgehead atoms. The molecule has 72 valence electrons. The van der Waals surface area contributed by atoms with Crippen LogP contribution in [0, 0.1) is 12.1 Å². The SMILES string of the molecule is Cc1ccc(CC[N+](C)(C)[O-])cc1. The minimum Gasteiger partial charge on any atom is -0.633 e. The summed E-state index contributed by atoms with van der Waals surface area (Å²) in [5.74, 6) is 0. The van der Waals surface area contributed by atoms with Crippen molar-refractivity contribution in [2.75, 3.05) is 20.6 Å². The first kappa shape index (κ1) is 10.2. The lowest BCUT2D eigenvalue weighted by Crippen LogP contribution is -2.34. The van der Waals surface area contributed by atoms with Gasteiger partial charge >= 0.3 is 0 Å². The van der Waals surface area contributed by atoms with Crippen LogP contribution in [0.3, 0.4) is 0 Å². The molecule has 0 aliphatic rings. The third-order valence-electron chi connectivity index (χ3n) is 2.06. The Balaban J connectivity index is 2.51. The van der Waals surface area contributed by atoms with Gasteiger partial charge in [-0.1, -0.05) is 29.8 Å². The molecular weight excluding hydrogens is 162 g/mol. The second kappa shape index (κ2) is 3.90. The van der Waals surface area contributed by atoms with E-state index in [9.17, 15) is 5.21 Å². The summed E-state index contributed by atoms with van der Waals surface area (Å²) in [6, 6.07) is 8.34. The van der Waals surface area contributed by atoms with Crippen molar-refractivity contribution in [3.05, 3.63) is 40.6 Å². The van der Waals surface area contributed by atoms with Crippen LogP contribution in [0.5, 0.6) is 0 Å². The van der Waals surface area contributed by atoms with E-state index in [4.69, 9.17) is 0 Å². The van der Waals surface area contributed by atoms with Crippen molar-refractivity contribution in [1.29, 1.82) is 0 Å². The van der Waals surface area contributed by atoms with Crippen molar-refractivity contribution in [1.82, 2.24) is 0 Å². The van der Waals surface area contributed by atoms with Crippen molar-refractivity contribution in [3.63, 3.8) is 0 Å². The van der Waals surface area contributed by atoms with Crippen LogP contribution in [0.4, 0.5) is 0 Å². The topological polar surface area (TPSA) is 23.1 Å². The van der Waals surface area contributed by atoms with Gasteiger partial charge in [0, 0.05) is 6.42 Å². The van der Waals surface area contributed by atoms with Gasteiger partial charge in [0.2, 0.25) is 0 Å². The van der Waals surface area contributed by atoms with E-state index in [1.807, 2.05) is 0 Å². The Morgan fingerprint density at radius 2 is 1.69 bits per heavy atom. The first-order chi connectivity index (χ1) is 5.97. The van der Waals surface area contributed by atoms with E-state index in [2.05, 4.69) is 31.2 Å². The highest BCUT2D eigenvalue weighted by atomic mass is 16.5. The molecule has 1 aromatic rings. The number of quaternary nitrogens is 1. The summed E-state index contributed by atoms with van der Waals surface area (Å²) in [7, 11) is 3.35. The van der Waals surface area contributed by atoms with E-state index in [0.717, 1.165) is 6.42 Å². The highest BCUT2D eigenvalue weighted by Crippen LogP contribution is 2.05. The summed E-state index contributed by atoms with van der Waals surface area (Å²) in [4.78, 5) is 0. The summed E-state index contributed by atoms with van der Waals surface area (Å²) >= 11 is 0. The van der Waals surface area contributed by atoms with Crippen LogP contribution >= 0.6 is 0 Å². The summed E-state index contributed by atoms with van der Waals surface area (Å²) in [6.07, 6.45) is 0.858. The molecule has 0 spiro atoms. The molecule has 2 heteroatoms. The summed E-state index contributed by atoms with van der Waals surface area (Å²) in [5, 5.41) is 11.3. The fourth-order valence-corrected chi connectivity index (χ4v) is 1.15. The third-order valence-corrected chi connectivity index (χ3v) is 2.06. The van der Waals surface area contributed by atoms with Crippen LogP contribution in [0.2, 0.25) is 0 Å². The summed E-state index contributed by atoms with van der Waals surface area (Å²) < 4.78 is -0.214. The van der Waals surface area contributed by atoms with Gasteiger partial charge in [-0.25, -0.2) is 0 Å². The predicted octanol–water partition coefficient (Wildman–Crippen LogP) is 2.11. The van der Waals surface area contributed by atoms with Gasteiger partial charge in [0.05, 0.1) is 20.6 Å². The molecule has 0 N–H and O–H groups in total. The van der Waals surface area contributed by atoms with Crippen LogP contribution < -0.4 is 0 Å². The molecule has 0 aliphatic heterocycles. The van der Waals surface area contributed by atoms with Crippen molar-refractivity contribution >= 4 is 0 Å². The molecular formula is C11H17NO. The van der Waals surface area contributed by atoms with Crippen LogP contribution in [0.15, 0.2) is 24.3 Å². The quantitative estimate of drug-likeness (QED) is 0.515. The molecule has 0 unspecified atom stereocenters. The standard InChI is InChI=1S/C11H17NO/c1-10-4-6-11(7-5-10)8-9-12(2,3)13/h4-7H,8-9H2,1-3H3. The van der Waals surface area contributed by atoms with E-state index < -0.39 is 0 Å². The minimum atomic E-state index is -0.214. The lowest BCUT2D eigenvalue weighted by molar-refractivity contribution is -0.839. The Hall–Kier alpha value is -0.860. The van der Waals surface area contributed by atoms with Crippen molar-refractivity contribution in [3.8, 4) is 0 Å².